The van der Waals surface area contributed by atoms with E-state index >= 15 is 0 Å². The van der Waals surface area contributed by atoms with E-state index in [4.69, 9.17) is 9.47 Å². The van der Waals surface area contributed by atoms with Crippen molar-refractivity contribution in [1.29, 1.82) is 0 Å². The number of aliphatic hydroxyl groups excluding tert-OH is 1. The third-order valence-corrected chi connectivity index (χ3v) is 5.44. The summed E-state index contributed by atoms with van der Waals surface area (Å²) in [7, 11) is -2.50. The number of Topliss-reactive ketones (excluding diaryl/α,β-unsaturated/α-hetero) is 1. The van der Waals surface area contributed by atoms with Crippen molar-refractivity contribution in [2.45, 2.75) is 17.4 Å². The van der Waals surface area contributed by atoms with Gasteiger partial charge in [-0.3, -0.25) is 4.79 Å². The molecule has 1 heterocycles. The van der Waals surface area contributed by atoms with E-state index < -0.39 is 33.0 Å². The molecule has 0 saturated heterocycles. The lowest BCUT2D eigenvalue weighted by Crippen LogP contribution is -2.32. The second kappa shape index (κ2) is 6.38. The average Bonchev–Trinajstić information content (AvgIpc) is 2.87. The molecule has 0 bridgehead atoms. The van der Waals surface area contributed by atoms with E-state index in [-0.39, 0.29) is 4.90 Å². The van der Waals surface area contributed by atoms with Crippen LogP contribution >= 0.6 is 0 Å². The summed E-state index contributed by atoms with van der Waals surface area (Å²) in [5, 5.41) is 10.1. The van der Waals surface area contributed by atoms with Crippen molar-refractivity contribution in [1.82, 2.24) is 4.72 Å². The number of carbonyl (C=O) groups is 1. The molecule has 2 aromatic carbocycles. The number of rotatable bonds is 5. The summed E-state index contributed by atoms with van der Waals surface area (Å²) >= 11 is 0. The van der Waals surface area contributed by atoms with Crippen LogP contribution in [0.1, 0.15) is 12.5 Å². The molecule has 7 nitrogen and oxygen atoms in total. The Kier molecular flexibility index (Phi) is 4.37. The van der Waals surface area contributed by atoms with Crippen LogP contribution in [0.25, 0.3) is 0 Å². The average molecular weight is 375 g/mol. The van der Waals surface area contributed by atoms with Crippen molar-refractivity contribution in [3.05, 3.63) is 71.8 Å². The topological polar surface area (TPSA) is 102 Å². The fourth-order valence-electron chi connectivity index (χ4n) is 2.58. The predicted octanol–water partition coefficient (Wildman–Crippen LogP) is 2.22. The number of benzene rings is 2. The van der Waals surface area contributed by atoms with E-state index in [0.29, 0.717) is 11.3 Å². The number of ketones is 1. The number of carbonyl (C=O) groups excluding carboxylic acids is 1. The van der Waals surface area contributed by atoms with Gasteiger partial charge in [-0.15, -0.1) is 0 Å². The normalized spacial score (nSPS) is 20.0. The molecular weight excluding hydrogens is 358 g/mol. The highest BCUT2D eigenvalue weighted by Gasteiger charge is 2.48. The Morgan fingerprint density at radius 1 is 1.08 bits per heavy atom. The summed E-state index contributed by atoms with van der Waals surface area (Å²) in [6.07, 6.45) is 0. The Hall–Kier alpha value is -3.00. The predicted molar refractivity (Wildman–Crippen MR) is 92.9 cm³/mol. The Morgan fingerprint density at radius 2 is 1.69 bits per heavy atom. The van der Waals surface area contributed by atoms with Crippen LogP contribution in [-0.4, -0.2) is 26.4 Å². The van der Waals surface area contributed by atoms with Gasteiger partial charge in [0.05, 0.1) is 12.0 Å². The number of hydrogen-bond donors (Lipinski definition) is 2. The molecule has 2 aromatic rings. The summed E-state index contributed by atoms with van der Waals surface area (Å²) in [6.45, 7) is 1.46. The van der Waals surface area contributed by atoms with Gasteiger partial charge in [0.2, 0.25) is 11.6 Å². The van der Waals surface area contributed by atoms with Crippen molar-refractivity contribution in [2.75, 3.05) is 7.11 Å². The van der Waals surface area contributed by atoms with Crippen molar-refractivity contribution < 1.29 is 27.8 Å². The molecule has 3 rings (SSSR count). The van der Waals surface area contributed by atoms with E-state index in [1.807, 2.05) is 0 Å². The number of sulfonamides is 1. The lowest BCUT2D eigenvalue weighted by molar-refractivity contribution is -0.131. The zero-order valence-corrected chi connectivity index (χ0v) is 14.9. The third kappa shape index (κ3) is 2.99. The Bertz CT molecular complexity index is 967. The van der Waals surface area contributed by atoms with Crippen LogP contribution < -0.4 is 9.46 Å². The summed E-state index contributed by atoms with van der Waals surface area (Å²) < 4.78 is 37.6. The largest absolute Gasteiger partial charge is 0.501 e. The molecule has 0 aliphatic carbocycles. The van der Waals surface area contributed by atoms with Crippen LogP contribution in [0.2, 0.25) is 0 Å². The summed E-state index contributed by atoms with van der Waals surface area (Å²) in [4.78, 5) is 12.5. The van der Waals surface area contributed by atoms with Gasteiger partial charge >= 0.3 is 0 Å². The molecule has 1 unspecified atom stereocenters. The molecule has 0 spiro atoms. The Morgan fingerprint density at radius 3 is 2.27 bits per heavy atom. The maximum absolute atomic E-state index is 12.5. The van der Waals surface area contributed by atoms with Gasteiger partial charge in [-0.25, -0.2) is 13.1 Å². The van der Waals surface area contributed by atoms with E-state index in [2.05, 4.69) is 4.72 Å². The fourth-order valence-corrected chi connectivity index (χ4v) is 3.59. The number of hydrogen-bond acceptors (Lipinski definition) is 6. The molecule has 1 aliphatic rings. The fraction of sp³-hybridized carbons (Fsp3) is 0.167. The minimum absolute atomic E-state index is 0.0191. The summed E-state index contributed by atoms with van der Waals surface area (Å²) in [6, 6.07) is 14.1. The highest BCUT2D eigenvalue weighted by Crippen LogP contribution is 2.38. The number of methoxy groups -OCH3 is 1. The van der Waals surface area contributed by atoms with E-state index in [1.54, 1.807) is 42.5 Å². The highest BCUT2D eigenvalue weighted by atomic mass is 32.2. The SMILES string of the molecule is COc1ccc(C2(C)OC(NS(=O)(=O)c3ccccc3)=C(O)C2=O)cc1. The first-order chi connectivity index (χ1) is 12.3. The molecule has 1 aliphatic heterocycles. The lowest BCUT2D eigenvalue weighted by Gasteiger charge is -2.23. The van der Waals surface area contributed by atoms with E-state index in [0.717, 1.165) is 0 Å². The van der Waals surface area contributed by atoms with Crippen LogP contribution in [-0.2, 0) is 25.2 Å². The van der Waals surface area contributed by atoms with Gasteiger partial charge in [-0.2, -0.15) is 0 Å². The van der Waals surface area contributed by atoms with Gasteiger partial charge in [0.1, 0.15) is 5.75 Å². The van der Waals surface area contributed by atoms with Gasteiger partial charge < -0.3 is 14.6 Å². The lowest BCUT2D eigenvalue weighted by atomic mass is 9.91. The van der Waals surface area contributed by atoms with Crippen molar-refractivity contribution in [3.63, 3.8) is 0 Å². The number of ether oxygens (including phenoxy) is 2. The molecule has 8 heteroatoms. The van der Waals surface area contributed by atoms with Gasteiger partial charge in [-0.05, 0) is 31.2 Å². The first-order valence-electron chi connectivity index (χ1n) is 7.67. The maximum Gasteiger partial charge on any atom is 0.264 e. The number of aliphatic hydroxyl groups is 1. The quantitative estimate of drug-likeness (QED) is 0.831. The van der Waals surface area contributed by atoms with Crippen molar-refractivity contribution in [2.24, 2.45) is 0 Å². The molecule has 136 valence electrons. The Balaban J connectivity index is 1.90. The van der Waals surface area contributed by atoms with Crippen molar-refractivity contribution in [3.8, 4) is 5.75 Å². The van der Waals surface area contributed by atoms with Crippen LogP contribution in [0, 0.1) is 0 Å². The second-order valence-electron chi connectivity index (χ2n) is 5.79. The van der Waals surface area contributed by atoms with Crippen LogP contribution in [0.3, 0.4) is 0 Å². The standard InChI is InChI=1S/C18H17NO6S/c1-18(12-8-10-13(24-2)11-9-12)16(21)15(20)17(25-18)19-26(22,23)14-6-4-3-5-7-14/h3-11,19-20H,1-2H3. The molecule has 2 N–H and O–H groups in total. The molecule has 0 radical (unpaired) electrons. The van der Waals surface area contributed by atoms with Gasteiger partial charge in [0, 0.05) is 5.56 Å². The van der Waals surface area contributed by atoms with Crippen molar-refractivity contribution >= 4 is 15.8 Å². The molecule has 26 heavy (non-hydrogen) atoms. The zero-order valence-electron chi connectivity index (χ0n) is 14.1. The van der Waals surface area contributed by atoms with E-state index in [1.165, 1.54) is 26.2 Å². The smallest absolute Gasteiger partial charge is 0.264 e. The van der Waals surface area contributed by atoms with Crippen LogP contribution in [0.4, 0.5) is 0 Å². The molecular formula is C18H17NO6S. The van der Waals surface area contributed by atoms with Crippen LogP contribution in [0.15, 0.2) is 71.1 Å². The minimum Gasteiger partial charge on any atom is -0.501 e. The first-order valence-corrected chi connectivity index (χ1v) is 9.16. The maximum atomic E-state index is 12.5. The third-order valence-electron chi connectivity index (χ3n) is 4.09. The summed E-state index contributed by atoms with van der Waals surface area (Å²) in [5.74, 6) is -1.43. The van der Waals surface area contributed by atoms with E-state index in [9.17, 15) is 18.3 Å². The zero-order chi connectivity index (χ0) is 18.9. The van der Waals surface area contributed by atoms with Gasteiger partial charge in [0.25, 0.3) is 15.8 Å². The highest BCUT2D eigenvalue weighted by molar-refractivity contribution is 7.89. The van der Waals surface area contributed by atoms with Crippen LogP contribution in [0.5, 0.6) is 5.75 Å². The molecule has 1 atom stereocenters. The molecule has 0 amide bonds. The molecule has 0 saturated carbocycles. The van der Waals surface area contributed by atoms with Gasteiger partial charge in [0.15, 0.2) is 5.60 Å². The minimum atomic E-state index is -4.01. The second-order valence-corrected chi connectivity index (χ2v) is 7.47. The Labute approximate surface area is 150 Å². The number of nitrogens with one attached hydrogen (secondary N) is 1. The molecule has 0 fully saturated rings. The first kappa shape index (κ1) is 17.8. The summed E-state index contributed by atoms with van der Waals surface area (Å²) in [5.41, 5.74) is -1.10. The monoisotopic (exact) mass is 375 g/mol. The van der Waals surface area contributed by atoms with Gasteiger partial charge in [-0.1, -0.05) is 30.3 Å². The molecule has 0 aromatic heterocycles.